The smallest absolute Gasteiger partial charge is 0.195 e. The maximum Gasteiger partial charge on any atom is 0.330 e. The first-order valence-corrected chi connectivity index (χ1v) is 7.04. The van der Waals surface area contributed by atoms with Gasteiger partial charge in [0.05, 0.1) is 25.5 Å². The quantitative estimate of drug-likeness (QED) is 0.521. The van der Waals surface area contributed by atoms with Gasteiger partial charge in [-0.25, -0.2) is 0 Å². The van der Waals surface area contributed by atoms with Crippen molar-refractivity contribution in [2.75, 3.05) is 19.4 Å². The van der Waals surface area contributed by atoms with Gasteiger partial charge < -0.3 is 0 Å². The minimum Gasteiger partial charge on any atom is -0.195 e. The lowest BCUT2D eigenvalue weighted by Gasteiger charge is -2.15. The van der Waals surface area contributed by atoms with Gasteiger partial charge in [0.15, 0.2) is 0 Å². The van der Waals surface area contributed by atoms with Gasteiger partial charge >= 0.3 is 6.92 Å². The van der Waals surface area contributed by atoms with Crippen LogP contribution in [0.1, 0.15) is 27.2 Å². The van der Waals surface area contributed by atoms with Crippen LogP contribution in [0.25, 0.3) is 0 Å². The fourth-order valence-electron chi connectivity index (χ4n) is 0.852. The van der Waals surface area contributed by atoms with Crippen LogP contribution in [0.2, 0.25) is 0 Å². The van der Waals surface area contributed by atoms with E-state index in [1.54, 1.807) is 0 Å². The monoisotopic (exact) mass is 197 g/mol. The van der Waals surface area contributed by atoms with Gasteiger partial charge in [0, 0.05) is 0 Å². The highest BCUT2D eigenvalue weighted by Crippen LogP contribution is 2.65. The SMILES string of the molecule is CCC[P+](S)(OCC)OCC. The molecule has 0 rings (SSSR count). The van der Waals surface area contributed by atoms with E-state index in [-0.39, 0.29) is 0 Å². The van der Waals surface area contributed by atoms with E-state index in [0.29, 0.717) is 13.2 Å². The van der Waals surface area contributed by atoms with Crippen molar-refractivity contribution in [1.82, 2.24) is 0 Å². The maximum atomic E-state index is 5.46. The molecule has 0 aliphatic rings. The summed E-state index contributed by atoms with van der Waals surface area (Å²) in [7, 11) is 0. The molecule has 68 valence electrons. The van der Waals surface area contributed by atoms with Crippen LogP contribution in [0.15, 0.2) is 0 Å². The van der Waals surface area contributed by atoms with Crippen LogP contribution in [0.3, 0.4) is 0 Å². The molecule has 0 heterocycles. The molecule has 0 fully saturated rings. The lowest BCUT2D eigenvalue weighted by Crippen LogP contribution is -2.01. The fourth-order valence-corrected chi connectivity index (χ4v) is 3.85. The molecule has 0 amide bonds. The summed E-state index contributed by atoms with van der Waals surface area (Å²) in [5, 5.41) is 0. The minimum atomic E-state index is -1.77. The van der Waals surface area contributed by atoms with Crippen LogP contribution in [-0.2, 0) is 9.05 Å². The third-order valence-electron chi connectivity index (χ3n) is 1.17. The Morgan fingerprint density at radius 1 is 1.09 bits per heavy atom. The van der Waals surface area contributed by atoms with Gasteiger partial charge in [0.1, 0.15) is 6.16 Å². The Morgan fingerprint density at radius 3 is 1.82 bits per heavy atom. The second kappa shape index (κ2) is 6.24. The molecule has 0 aromatic rings. The van der Waals surface area contributed by atoms with Crippen molar-refractivity contribution in [2.24, 2.45) is 0 Å². The zero-order valence-electron chi connectivity index (χ0n) is 7.54. The Bertz CT molecular complexity index is 83.4. The molecule has 0 aromatic carbocycles. The van der Waals surface area contributed by atoms with E-state index < -0.39 is 6.92 Å². The summed E-state index contributed by atoms with van der Waals surface area (Å²) in [6, 6.07) is 0. The standard InChI is InChI=1S/C7H18O2PS/c1-4-7-10(11,8-5-2)9-6-3/h11H,4-7H2,1-3H3/q+1. The van der Waals surface area contributed by atoms with Crippen molar-refractivity contribution >= 4 is 19.2 Å². The van der Waals surface area contributed by atoms with E-state index in [4.69, 9.17) is 9.05 Å². The van der Waals surface area contributed by atoms with E-state index >= 15 is 0 Å². The molecule has 0 saturated heterocycles. The molecule has 0 N–H and O–H groups in total. The Labute approximate surface area is 75.3 Å². The first-order valence-electron chi connectivity index (χ1n) is 4.08. The molecule has 0 aliphatic carbocycles. The van der Waals surface area contributed by atoms with Crippen molar-refractivity contribution in [3.63, 3.8) is 0 Å². The number of hydrogen-bond acceptors (Lipinski definition) is 3. The Hall–Kier alpha value is 0.700. The zero-order valence-corrected chi connectivity index (χ0v) is 9.33. The molecule has 4 heteroatoms. The summed E-state index contributed by atoms with van der Waals surface area (Å²) in [4.78, 5) is 0. The first kappa shape index (κ1) is 11.7. The average Bonchev–Trinajstić information content (AvgIpc) is 1.88. The highest BCUT2D eigenvalue weighted by atomic mass is 32.7. The molecule has 2 nitrogen and oxygen atoms in total. The molecular weight excluding hydrogens is 179 g/mol. The summed E-state index contributed by atoms with van der Waals surface area (Å²) < 4.78 is 10.9. The van der Waals surface area contributed by atoms with E-state index in [9.17, 15) is 0 Å². The summed E-state index contributed by atoms with van der Waals surface area (Å²) in [5.74, 6) is 0. The maximum absolute atomic E-state index is 5.46. The van der Waals surface area contributed by atoms with Crippen LogP contribution in [0.4, 0.5) is 0 Å². The van der Waals surface area contributed by atoms with Crippen LogP contribution >= 0.6 is 19.2 Å². The molecular formula is C7H18O2PS+. The molecule has 0 saturated carbocycles. The molecule has 0 radical (unpaired) electrons. The third kappa shape index (κ3) is 5.02. The molecule has 0 bridgehead atoms. The van der Waals surface area contributed by atoms with Gasteiger partial charge in [-0.3, -0.25) is 0 Å². The largest absolute Gasteiger partial charge is 0.330 e. The minimum absolute atomic E-state index is 0.692. The van der Waals surface area contributed by atoms with Crippen LogP contribution in [0.5, 0.6) is 0 Å². The summed E-state index contributed by atoms with van der Waals surface area (Å²) in [5.41, 5.74) is 0. The Balaban J connectivity index is 3.79. The topological polar surface area (TPSA) is 18.5 Å². The molecule has 0 aromatic heterocycles. The second-order valence-electron chi connectivity index (χ2n) is 2.20. The summed E-state index contributed by atoms with van der Waals surface area (Å²) in [6.45, 7) is 5.67. The van der Waals surface area contributed by atoms with E-state index in [2.05, 4.69) is 19.2 Å². The van der Waals surface area contributed by atoms with Crippen molar-refractivity contribution in [3.05, 3.63) is 0 Å². The van der Waals surface area contributed by atoms with E-state index in [1.807, 2.05) is 13.8 Å². The third-order valence-corrected chi connectivity index (χ3v) is 4.80. The summed E-state index contributed by atoms with van der Waals surface area (Å²) in [6.07, 6.45) is 2.01. The first-order chi connectivity index (χ1) is 5.18. The number of hydrogen-bond donors (Lipinski definition) is 1. The van der Waals surface area contributed by atoms with Gasteiger partial charge in [-0.05, 0) is 20.3 Å². The lowest BCUT2D eigenvalue weighted by molar-refractivity contribution is 0.264. The van der Waals surface area contributed by atoms with Gasteiger partial charge in [-0.15, -0.1) is 0 Å². The van der Waals surface area contributed by atoms with Crippen LogP contribution < -0.4 is 0 Å². The molecule has 0 unspecified atom stereocenters. The van der Waals surface area contributed by atoms with Gasteiger partial charge in [-0.1, -0.05) is 6.92 Å². The Morgan fingerprint density at radius 2 is 1.55 bits per heavy atom. The predicted octanol–water partition coefficient (Wildman–Crippen LogP) is 3.16. The van der Waals surface area contributed by atoms with Crippen LogP contribution in [-0.4, -0.2) is 19.4 Å². The van der Waals surface area contributed by atoms with Crippen molar-refractivity contribution < 1.29 is 9.05 Å². The predicted molar refractivity (Wildman–Crippen MR) is 54.3 cm³/mol. The molecule has 11 heavy (non-hydrogen) atoms. The zero-order chi connectivity index (χ0) is 8.74. The number of thiol groups is 1. The second-order valence-corrected chi connectivity index (χ2v) is 6.26. The number of rotatable bonds is 6. The van der Waals surface area contributed by atoms with E-state index in [1.165, 1.54) is 0 Å². The molecule has 0 aliphatic heterocycles. The van der Waals surface area contributed by atoms with Crippen molar-refractivity contribution in [3.8, 4) is 0 Å². The van der Waals surface area contributed by atoms with Gasteiger partial charge in [-0.2, -0.15) is 9.05 Å². The van der Waals surface area contributed by atoms with E-state index in [0.717, 1.165) is 12.6 Å². The average molecular weight is 197 g/mol. The molecule has 0 spiro atoms. The van der Waals surface area contributed by atoms with Crippen LogP contribution in [0, 0.1) is 0 Å². The van der Waals surface area contributed by atoms with Gasteiger partial charge in [0.2, 0.25) is 0 Å². The molecule has 0 atom stereocenters. The summed E-state index contributed by atoms with van der Waals surface area (Å²) >= 11 is 4.43. The Kier molecular flexibility index (Phi) is 6.64. The lowest BCUT2D eigenvalue weighted by atomic mass is 10.6. The fraction of sp³-hybridized carbons (Fsp3) is 1.00. The highest BCUT2D eigenvalue weighted by Gasteiger charge is 2.35. The van der Waals surface area contributed by atoms with Crippen molar-refractivity contribution in [1.29, 1.82) is 0 Å². The normalized spacial score (nSPS) is 12.0. The van der Waals surface area contributed by atoms with Gasteiger partial charge in [0.25, 0.3) is 0 Å². The van der Waals surface area contributed by atoms with Crippen molar-refractivity contribution in [2.45, 2.75) is 27.2 Å². The highest BCUT2D eigenvalue weighted by molar-refractivity contribution is 8.49.